The van der Waals surface area contributed by atoms with Crippen molar-refractivity contribution in [3.8, 4) is 5.75 Å². The van der Waals surface area contributed by atoms with Crippen LogP contribution in [0, 0.1) is 19.9 Å². The van der Waals surface area contributed by atoms with Crippen molar-refractivity contribution in [1.29, 1.82) is 0 Å². The summed E-state index contributed by atoms with van der Waals surface area (Å²) in [4.78, 5) is 0. The molecule has 0 heterocycles. The number of phenols is 1. The van der Waals surface area contributed by atoms with E-state index in [1.54, 1.807) is 13.0 Å². The fourth-order valence-corrected chi connectivity index (χ4v) is 0.909. The van der Waals surface area contributed by atoms with E-state index < -0.39 is 0 Å². The van der Waals surface area contributed by atoms with Crippen LogP contribution < -0.4 is 5.73 Å². The first-order chi connectivity index (χ1) is 4.61. The molecule has 1 rings (SSSR count). The van der Waals surface area contributed by atoms with Crippen molar-refractivity contribution in [2.24, 2.45) is 0 Å². The Morgan fingerprint density at radius 2 is 2.00 bits per heavy atom. The van der Waals surface area contributed by atoms with Crippen molar-refractivity contribution in [2.45, 2.75) is 13.8 Å². The maximum absolute atomic E-state index is 9.24. The van der Waals surface area contributed by atoms with Crippen LogP contribution in [0.15, 0.2) is 6.07 Å². The maximum Gasteiger partial charge on any atom is 0.00913 e. The summed E-state index contributed by atoms with van der Waals surface area (Å²) in [5.41, 5.74) is 7.54. The van der Waals surface area contributed by atoms with Gasteiger partial charge in [-0.15, -0.1) is 17.2 Å². The van der Waals surface area contributed by atoms with Crippen LogP contribution in [0.4, 0.5) is 5.69 Å². The zero-order chi connectivity index (χ0) is 7.72. The molecule has 3 N–H and O–H groups in total. The third-order valence-corrected chi connectivity index (χ3v) is 1.43. The standard InChI is InChI=1S/C8H10NO.Y/c1-5-3-7(9)4-6(2)8(5)10;/h3,10H,9H2,1-2H3;/q-1;. The number of phenolic OH excluding ortho intramolecular Hbond substituents is 1. The number of nitrogen functional groups attached to an aromatic ring is 1. The van der Waals surface area contributed by atoms with E-state index in [9.17, 15) is 5.11 Å². The van der Waals surface area contributed by atoms with Crippen molar-refractivity contribution in [1.82, 2.24) is 0 Å². The smallest absolute Gasteiger partial charge is 0.00913 e. The maximum atomic E-state index is 9.24. The molecule has 1 radical (unpaired) electrons. The monoisotopic (exact) mass is 225 g/mol. The van der Waals surface area contributed by atoms with E-state index in [0.717, 1.165) is 5.56 Å². The van der Waals surface area contributed by atoms with Crippen LogP contribution in [0.25, 0.3) is 0 Å². The molecule has 0 atom stereocenters. The topological polar surface area (TPSA) is 46.2 Å². The molecule has 0 amide bonds. The van der Waals surface area contributed by atoms with E-state index in [2.05, 4.69) is 6.07 Å². The van der Waals surface area contributed by atoms with Crippen LogP contribution in [0.1, 0.15) is 11.1 Å². The SMILES string of the molecule is Cc1[c-]c(N)cc(C)c1O.[Y]. The van der Waals surface area contributed by atoms with Gasteiger partial charge in [-0.2, -0.15) is 6.07 Å². The molecular formula is C8H10NOY-. The number of benzene rings is 1. The largest absolute Gasteiger partial charge is 0.565 e. The molecule has 3 heteroatoms. The molecule has 57 valence electrons. The average Bonchev–Trinajstić information content (AvgIpc) is 1.82. The van der Waals surface area contributed by atoms with Gasteiger partial charge in [0.05, 0.1) is 0 Å². The van der Waals surface area contributed by atoms with Gasteiger partial charge in [0.1, 0.15) is 0 Å². The van der Waals surface area contributed by atoms with Gasteiger partial charge >= 0.3 is 0 Å². The number of nitrogens with two attached hydrogens (primary N) is 1. The Morgan fingerprint density at radius 1 is 1.45 bits per heavy atom. The second kappa shape index (κ2) is 4.08. The first kappa shape index (κ1) is 10.9. The summed E-state index contributed by atoms with van der Waals surface area (Å²) >= 11 is 0. The van der Waals surface area contributed by atoms with Gasteiger partial charge in [0, 0.05) is 38.5 Å². The van der Waals surface area contributed by atoms with E-state index in [4.69, 9.17) is 5.73 Å². The fraction of sp³-hybridized carbons (Fsp3) is 0.250. The van der Waals surface area contributed by atoms with Crippen LogP contribution in [-0.4, -0.2) is 5.11 Å². The van der Waals surface area contributed by atoms with Crippen molar-refractivity contribution in [3.05, 3.63) is 23.3 Å². The first-order valence-corrected chi connectivity index (χ1v) is 3.09. The summed E-state index contributed by atoms with van der Waals surface area (Å²) in [5, 5.41) is 9.24. The minimum atomic E-state index is 0. The normalized spacial score (nSPS) is 8.91. The molecule has 0 aliphatic rings. The summed E-state index contributed by atoms with van der Waals surface area (Å²) in [6.45, 7) is 3.59. The molecule has 1 aromatic rings. The summed E-state index contributed by atoms with van der Waals surface area (Å²) in [7, 11) is 0. The van der Waals surface area contributed by atoms with Gasteiger partial charge < -0.3 is 10.8 Å². The van der Waals surface area contributed by atoms with Crippen LogP contribution >= 0.6 is 0 Å². The Bertz CT molecular complexity index is 237. The fourth-order valence-electron chi connectivity index (χ4n) is 0.909. The molecule has 0 aromatic heterocycles. The Labute approximate surface area is 91.7 Å². The Kier molecular flexibility index (Phi) is 4.05. The molecule has 1 aromatic carbocycles. The summed E-state index contributed by atoms with van der Waals surface area (Å²) in [6.07, 6.45) is 0. The summed E-state index contributed by atoms with van der Waals surface area (Å²) in [5.74, 6) is 0.286. The number of hydrogen-bond acceptors (Lipinski definition) is 2. The predicted molar refractivity (Wildman–Crippen MR) is 40.8 cm³/mol. The summed E-state index contributed by atoms with van der Waals surface area (Å²) < 4.78 is 0. The van der Waals surface area contributed by atoms with Crippen molar-refractivity contribution < 1.29 is 37.8 Å². The van der Waals surface area contributed by atoms with Crippen LogP contribution in [0.3, 0.4) is 0 Å². The van der Waals surface area contributed by atoms with Gasteiger partial charge in [-0.1, -0.05) is 19.5 Å². The van der Waals surface area contributed by atoms with E-state index in [1.807, 2.05) is 6.92 Å². The second-order valence-corrected chi connectivity index (χ2v) is 2.38. The van der Waals surface area contributed by atoms with E-state index in [-0.39, 0.29) is 38.5 Å². The number of aromatic hydroxyl groups is 1. The van der Waals surface area contributed by atoms with E-state index in [0.29, 0.717) is 11.3 Å². The summed E-state index contributed by atoms with van der Waals surface area (Å²) in [6, 6.07) is 4.50. The molecule has 0 aliphatic carbocycles. The van der Waals surface area contributed by atoms with E-state index >= 15 is 0 Å². The molecule has 0 bridgehead atoms. The van der Waals surface area contributed by atoms with Crippen LogP contribution in [0.2, 0.25) is 0 Å². The molecular weight excluding hydrogens is 215 g/mol. The molecule has 0 saturated carbocycles. The van der Waals surface area contributed by atoms with Gasteiger partial charge in [-0.3, -0.25) is 0 Å². The van der Waals surface area contributed by atoms with Gasteiger partial charge in [-0.05, 0) is 0 Å². The molecule has 2 nitrogen and oxygen atoms in total. The molecule has 0 unspecified atom stereocenters. The molecule has 0 aliphatic heterocycles. The van der Waals surface area contributed by atoms with Crippen molar-refractivity contribution in [2.75, 3.05) is 5.73 Å². The zero-order valence-corrected chi connectivity index (χ0v) is 9.52. The number of rotatable bonds is 0. The Morgan fingerprint density at radius 3 is 2.45 bits per heavy atom. The first-order valence-electron chi connectivity index (χ1n) is 3.09. The minimum Gasteiger partial charge on any atom is -0.565 e. The number of anilines is 1. The molecule has 0 saturated heterocycles. The van der Waals surface area contributed by atoms with Gasteiger partial charge in [0.25, 0.3) is 0 Å². The second-order valence-electron chi connectivity index (χ2n) is 2.38. The molecule has 11 heavy (non-hydrogen) atoms. The van der Waals surface area contributed by atoms with E-state index in [1.165, 1.54) is 0 Å². The Balaban J connectivity index is 0.000001000. The predicted octanol–water partition coefficient (Wildman–Crippen LogP) is 1.39. The number of aryl methyl sites for hydroxylation is 2. The number of hydrogen-bond donors (Lipinski definition) is 2. The molecule has 0 spiro atoms. The minimum absolute atomic E-state index is 0. The zero-order valence-electron chi connectivity index (χ0n) is 6.68. The van der Waals surface area contributed by atoms with Gasteiger partial charge in [-0.25, -0.2) is 0 Å². The average molecular weight is 225 g/mol. The van der Waals surface area contributed by atoms with Gasteiger partial charge in [0.15, 0.2) is 0 Å². The van der Waals surface area contributed by atoms with Crippen LogP contribution in [-0.2, 0) is 32.7 Å². The quantitative estimate of drug-likeness (QED) is 0.398. The van der Waals surface area contributed by atoms with Gasteiger partial charge in [0.2, 0.25) is 0 Å². The molecule has 0 fully saturated rings. The third kappa shape index (κ3) is 2.46. The van der Waals surface area contributed by atoms with Crippen LogP contribution in [0.5, 0.6) is 5.75 Å². The van der Waals surface area contributed by atoms with Crippen molar-refractivity contribution in [3.63, 3.8) is 0 Å². The third-order valence-electron chi connectivity index (χ3n) is 1.43. The Hall–Kier alpha value is -0.0761. The van der Waals surface area contributed by atoms with Crippen molar-refractivity contribution >= 4 is 5.69 Å².